The van der Waals surface area contributed by atoms with E-state index >= 15 is 0 Å². The van der Waals surface area contributed by atoms with Crippen molar-refractivity contribution in [2.45, 2.75) is 38.5 Å². The molecule has 0 saturated heterocycles. The maximum Gasteiger partial charge on any atom is 0.223 e. The first-order valence-corrected chi connectivity index (χ1v) is 9.80. The molecule has 26 heavy (non-hydrogen) atoms. The van der Waals surface area contributed by atoms with Gasteiger partial charge < -0.3 is 15.5 Å². The molecule has 0 aliphatic heterocycles. The molecular weight excluding hydrogens is 326 g/mol. The van der Waals surface area contributed by atoms with Crippen molar-refractivity contribution in [2.24, 2.45) is 11.8 Å². The summed E-state index contributed by atoms with van der Waals surface area (Å²) < 4.78 is 0. The summed E-state index contributed by atoms with van der Waals surface area (Å²) in [6.45, 7) is 2.26. The molecule has 1 saturated carbocycles. The Kier molecular flexibility index (Phi) is 8.62. The first-order valence-electron chi connectivity index (χ1n) is 9.80. The molecule has 2 rings (SSSR count). The van der Waals surface area contributed by atoms with Crippen LogP contribution in [0.3, 0.4) is 0 Å². The van der Waals surface area contributed by atoms with Gasteiger partial charge in [-0.25, -0.2) is 0 Å². The second-order valence-corrected chi connectivity index (χ2v) is 7.52. The van der Waals surface area contributed by atoms with Crippen LogP contribution in [0.2, 0.25) is 0 Å². The Balaban J connectivity index is 1.59. The molecule has 1 aliphatic rings. The van der Waals surface area contributed by atoms with E-state index in [4.69, 9.17) is 0 Å². The first kappa shape index (κ1) is 20.4. The smallest absolute Gasteiger partial charge is 0.223 e. The second-order valence-electron chi connectivity index (χ2n) is 7.52. The summed E-state index contributed by atoms with van der Waals surface area (Å²) in [6, 6.07) is 10.3. The molecule has 1 aromatic carbocycles. The molecule has 2 N–H and O–H groups in total. The maximum absolute atomic E-state index is 12.3. The van der Waals surface area contributed by atoms with E-state index in [1.165, 1.54) is 5.56 Å². The number of amides is 2. The summed E-state index contributed by atoms with van der Waals surface area (Å²) in [5, 5.41) is 6.07. The van der Waals surface area contributed by atoms with E-state index in [1.54, 1.807) is 0 Å². The van der Waals surface area contributed by atoms with Gasteiger partial charge in [0.2, 0.25) is 11.8 Å². The van der Waals surface area contributed by atoms with Crippen molar-refractivity contribution in [3.63, 3.8) is 0 Å². The first-order chi connectivity index (χ1) is 12.6. The number of nitrogens with one attached hydrogen (secondary N) is 2. The van der Waals surface area contributed by atoms with Crippen LogP contribution in [0, 0.1) is 11.8 Å². The Hall–Kier alpha value is -1.88. The molecule has 1 fully saturated rings. The van der Waals surface area contributed by atoms with Crippen molar-refractivity contribution in [3.05, 3.63) is 35.9 Å². The molecular formula is C21H33N3O2. The lowest BCUT2D eigenvalue weighted by Crippen LogP contribution is -2.39. The van der Waals surface area contributed by atoms with E-state index in [9.17, 15) is 9.59 Å². The average Bonchev–Trinajstić information content (AvgIpc) is 2.65. The van der Waals surface area contributed by atoms with Gasteiger partial charge in [0, 0.05) is 31.5 Å². The number of likely N-dealkylation sites (N-methyl/N-ethyl adjacent to an activating group) is 1. The van der Waals surface area contributed by atoms with E-state index in [1.807, 2.05) is 32.3 Å². The molecule has 0 atom stereocenters. The number of hydrogen-bond acceptors (Lipinski definition) is 3. The average molecular weight is 360 g/mol. The minimum absolute atomic E-state index is 0.0672. The molecule has 5 nitrogen and oxygen atoms in total. The van der Waals surface area contributed by atoms with Gasteiger partial charge >= 0.3 is 0 Å². The highest BCUT2D eigenvalue weighted by molar-refractivity contribution is 5.81. The van der Waals surface area contributed by atoms with Crippen LogP contribution in [0.1, 0.15) is 37.7 Å². The zero-order valence-corrected chi connectivity index (χ0v) is 16.2. The molecule has 2 amide bonds. The van der Waals surface area contributed by atoms with Crippen LogP contribution in [0.15, 0.2) is 30.3 Å². The predicted octanol–water partition coefficient (Wildman–Crippen LogP) is 2.22. The van der Waals surface area contributed by atoms with Gasteiger partial charge in [0.1, 0.15) is 0 Å². The summed E-state index contributed by atoms with van der Waals surface area (Å²) in [5.74, 6) is 0.440. The fourth-order valence-electron chi connectivity index (χ4n) is 3.46. The summed E-state index contributed by atoms with van der Waals surface area (Å²) in [6.07, 6.45) is 5.21. The third kappa shape index (κ3) is 7.16. The minimum Gasteiger partial charge on any atom is -0.356 e. The largest absolute Gasteiger partial charge is 0.356 e. The lowest BCUT2D eigenvalue weighted by Gasteiger charge is -2.27. The fourth-order valence-corrected chi connectivity index (χ4v) is 3.46. The van der Waals surface area contributed by atoms with E-state index < -0.39 is 0 Å². The van der Waals surface area contributed by atoms with Crippen molar-refractivity contribution < 1.29 is 9.59 Å². The third-order valence-electron chi connectivity index (χ3n) is 5.11. The number of aryl methyl sites for hydroxylation is 1. The third-order valence-corrected chi connectivity index (χ3v) is 5.11. The Morgan fingerprint density at radius 3 is 2.00 bits per heavy atom. The van der Waals surface area contributed by atoms with E-state index in [2.05, 4.69) is 27.7 Å². The maximum atomic E-state index is 12.3. The zero-order chi connectivity index (χ0) is 18.8. The van der Waals surface area contributed by atoms with Crippen LogP contribution in [-0.2, 0) is 16.0 Å². The lowest BCUT2D eigenvalue weighted by molar-refractivity contribution is -0.130. The highest BCUT2D eigenvalue weighted by Gasteiger charge is 2.29. The highest BCUT2D eigenvalue weighted by Crippen LogP contribution is 2.29. The van der Waals surface area contributed by atoms with E-state index in [-0.39, 0.29) is 23.7 Å². The van der Waals surface area contributed by atoms with E-state index in [0.29, 0.717) is 6.54 Å². The molecule has 0 spiro atoms. The van der Waals surface area contributed by atoms with Gasteiger partial charge in [0.25, 0.3) is 0 Å². The Bertz CT molecular complexity index is 552. The number of rotatable bonds is 9. The van der Waals surface area contributed by atoms with Crippen molar-refractivity contribution in [3.8, 4) is 0 Å². The van der Waals surface area contributed by atoms with Gasteiger partial charge in [-0.3, -0.25) is 9.59 Å². The molecule has 5 heteroatoms. The minimum atomic E-state index is 0.0672. The predicted molar refractivity (Wildman–Crippen MR) is 105 cm³/mol. The highest BCUT2D eigenvalue weighted by atomic mass is 16.2. The molecule has 144 valence electrons. The number of carbonyl (C=O) groups is 2. The number of carbonyl (C=O) groups excluding carboxylic acids is 2. The molecule has 0 bridgehead atoms. The fraction of sp³-hybridized carbons (Fsp3) is 0.619. The van der Waals surface area contributed by atoms with Gasteiger partial charge in [-0.2, -0.15) is 0 Å². The summed E-state index contributed by atoms with van der Waals surface area (Å²) in [5.41, 5.74) is 1.31. The Morgan fingerprint density at radius 1 is 0.923 bits per heavy atom. The van der Waals surface area contributed by atoms with Crippen molar-refractivity contribution in [2.75, 3.05) is 33.7 Å². The van der Waals surface area contributed by atoms with E-state index in [0.717, 1.165) is 51.6 Å². The molecule has 1 aromatic rings. The van der Waals surface area contributed by atoms with Crippen LogP contribution < -0.4 is 10.6 Å². The van der Waals surface area contributed by atoms with Crippen molar-refractivity contribution in [1.82, 2.24) is 15.5 Å². The van der Waals surface area contributed by atoms with Gasteiger partial charge in [-0.1, -0.05) is 30.3 Å². The summed E-state index contributed by atoms with van der Waals surface area (Å²) in [4.78, 5) is 26.5. The molecule has 0 unspecified atom stereocenters. The summed E-state index contributed by atoms with van der Waals surface area (Å²) in [7, 11) is 3.99. The molecule has 1 aliphatic carbocycles. The van der Waals surface area contributed by atoms with Gasteiger partial charge in [-0.05, 0) is 58.2 Å². The second kappa shape index (κ2) is 11.0. The Morgan fingerprint density at radius 2 is 1.46 bits per heavy atom. The molecule has 0 radical (unpaired) electrons. The van der Waals surface area contributed by atoms with Gasteiger partial charge in [0.15, 0.2) is 0 Å². The van der Waals surface area contributed by atoms with Crippen molar-refractivity contribution >= 4 is 11.8 Å². The number of hydrogen-bond donors (Lipinski definition) is 2. The van der Waals surface area contributed by atoms with Crippen LogP contribution >= 0.6 is 0 Å². The normalized spacial score (nSPS) is 20.0. The monoisotopic (exact) mass is 359 g/mol. The van der Waals surface area contributed by atoms with Gasteiger partial charge in [-0.15, -0.1) is 0 Å². The number of nitrogens with zero attached hydrogens (tertiary/aromatic N) is 1. The number of benzene rings is 1. The standard InChI is InChI=1S/C21H33N3O2/c1-24(2)16-15-23-21(26)19-12-10-18(11-13-19)20(25)22-14-6-9-17-7-4-3-5-8-17/h3-5,7-8,18-19H,6,9-16H2,1-2H3,(H,22,25)(H,23,26). The zero-order valence-electron chi connectivity index (χ0n) is 16.2. The quantitative estimate of drug-likeness (QED) is 0.665. The van der Waals surface area contributed by atoms with Gasteiger partial charge in [0.05, 0.1) is 0 Å². The van der Waals surface area contributed by atoms with Crippen LogP contribution in [0.4, 0.5) is 0 Å². The Labute approximate surface area is 157 Å². The van der Waals surface area contributed by atoms with Crippen molar-refractivity contribution in [1.29, 1.82) is 0 Å². The topological polar surface area (TPSA) is 61.4 Å². The molecule has 0 aromatic heterocycles. The van der Waals surface area contributed by atoms with Crippen LogP contribution in [-0.4, -0.2) is 50.4 Å². The summed E-state index contributed by atoms with van der Waals surface area (Å²) >= 11 is 0. The van der Waals surface area contributed by atoms with Crippen LogP contribution in [0.5, 0.6) is 0 Å². The SMILES string of the molecule is CN(C)CCNC(=O)C1CCC(C(=O)NCCCc2ccccc2)CC1. The lowest BCUT2D eigenvalue weighted by atomic mass is 9.81. The van der Waals surface area contributed by atoms with Crippen LogP contribution in [0.25, 0.3) is 0 Å². The molecule has 0 heterocycles.